The Hall–Kier alpha value is -1.16. The van der Waals surface area contributed by atoms with Gasteiger partial charge in [-0.25, -0.2) is 0 Å². The molecule has 0 bridgehead atoms. The molecule has 0 atom stereocenters. The minimum absolute atomic E-state index is 0. The second-order valence-electron chi connectivity index (χ2n) is 4.65. The summed E-state index contributed by atoms with van der Waals surface area (Å²) in [5.74, 6) is 0.0501. The van der Waals surface area contributed by atoms with Crippen molar-refractivity contribution in [2.75, 3.05) is 12.5 Å². The van der Waals surface area contributed by atoms with E-state index < -0.39 is 0 Å². The smallest absolute Gasteiger partial charge is 0.186 e. The number of carbonyl (C=O) groups is 1. The molecule has 0 heterocycles. The van der Waals surface area contributed by atoms with Gasteiger partial charge in [-0.1, -0.05) is 12.1 Å². The average Bonchev–Trinajstić information content (AvgIpc) is 2.55. The molecule has 116 valence electrons. The Labute approximate surface area is 147 Å². The van der Waals surface area contributed by atoms with Gasteiger partial charge in [-0.05, 0) is 73.0 Å². The highest BCUT2D eigenvalue weighted by atomic mass is 35.5. The first-order chi connectivity index (χ1) is 10.1. The number of hydrogen-bond donors (Lipinski definition) is 0. The monoisotopic (exact) mass is 350 g/mol. The maximum atomic E-state index is 12.3. The van der Waals surface area contributed by atoms with Crippen LogP contribution in [0.25, 0.3) is 5.57 Å². The molecule has 22 heavy (non-hydrogen) atoms. The molecular weight excluding hydrogens is 332 g/mol. The lowest BCUT2D eigenvalue weighted by Crippen LogP contribution is -1.95. The van der Waals surface area contributed by atoms with Gasteiger partial charge in [-0.2, -0.15) is 0 Å². The van der Waals surface area contributed by atoms with Gasteiger partial charge in [-0.3, -0.25) is 4.79 Å². The number of carbonyl (C=O) groups excluding carboxylic acids is 1. The molecule has 0 aliphatic carbocycles. The molecule has 0 saturated heterocycles. The topological polar surface area (TPSA) is 17.1 Å². The van der Waals surface area contributed by atoms with Crippen LogP contribution in [0.3, 0.4) is 0 Å². The molecule has 0 spiro atoms. The molecular formula is C18H19ClOS2. The molecule has 0 amide bonds. The van der Waals surface area contributed by atoms with Crippen molar-refractivity contribution < 1.29 is 4.79 Å². The summed E-state index contributed by atoms with van der Waals surface area (Å²) >= 11 is 3.39. The largest absolute Gasteiger partial charge is 0.289 e. The van der Waals surface area contributed by atoms with E-state index in [4.69, 9.17) is 0 Å². The summed E-state index contributed by atoms with van der Waals surface area (Å²) < 4.78 is 0. The summed E-state index contributed by atoms with van der Waals surface area (Å²) in [7, 11) is 0. The number of thioether (sulfide) groups is 2. The molecule has 2 aromatic rings. The van der Waals surface area contributed by atoms with Crippen molar-refractivity contribution in [3.05, 3.63) is 65.7 Å². The van der Waals surface area contributed by atoms with Crippen LogP contribution in [-0.2, 0) is 0 Å². The van der Waals surface area contributed by atoms with E-state index in [2.05, 4.69) is 30.5 Å². The Kier molecular flexibility index (Phi) is 7.80. The number of hydrogen-bond acceptors (Lipinski definition) is 3. The van der Waals surface area contributed by atoms with Crippen LogP contribution in [0.15, 0.2) is 64.4 Å². The van der Waals surface area contributed by atoms with Crippen molar-refractivity contribution in [2.45, 2.75) is 16.7 Å². The fraction of sp³-hybridized carbons (Fsp3) is 0.167. The van der Waals surface area contributed by atoms with Crippen LogP contribution in [0.2, 0.25) is 0 Å². The highest BCUT2D eigenvalue weighted by Crippen LogP contribution is 2.21. The van der Waals surface area contributed by atoms with E-state index in [1.807, 2.05) is 37.4 Å². The zero-order valence-corrected chi connectivity index (χ0v) is 15.3. The quantitative estimate of drug-likeness (QED) is 0.383. The van der Waals surface area contributed by atoms with E-state index in [0.717, 1.165) is 16.7 Å². The normalized spacial score (nSPS) is 11.0. The third-order valence-electron chi connectivity index (χ3n) is 3.27. The summed E-state index contributed by atoms with van der Waals surface area (Å²) in [6.45, 7) is 1.97. The van der Waals surface area contributed by atoms with Gasteiger partial charge in [0, 0.05) is 15.4 Å². The minimum Gasteiger partial charge on any atom is -0.289 e. The first-order valence-corrected chi connectivity index (χ1v) is 9.10. The average molecular weight is 351 g/mol. The number of benzene rings is 2. The standard InChI is InChI=1S/C18H18OS2.ClH/c1-13(14-4-8-16(20-2)9-5-14)12-18(19)15-6-10-17(21-3)11-7-15;/h4-12H,1-3H3;1H/b13-12+;. The predicted octanol–water partition coefficient (Wildman–Crippen LogP) is 5.84. The maximum Gasteiger partial charge on any atom is 0.186 e. The molecule has 0 aromatic heterocycles. The minimum atomic E-state index is 0. The van der Waals surface area contributed by atoms with Crippen LogP contribution in [0.1, 0.15) is 22.8 Å². The number of rotatable bonds is 5. The van der Waals surface area contributed by atoms with Crippen LogP contribution >= 0.6 is 35.9 Å². The van der Waals surface area contributed by atoms with Crippen LogP contribution in [-0.4, -0.2) is 18.3 Å². The van der Waals surface area contributed by atoms with Gasteiger partial charge in [0.15, 0.2) is 5.78 Å². The van der Waals surface area contributed by atoms with Crippen LogP contribution in [0.5, 0.6) is 0 Å². The van der Waals surface area contributed by atoms with E-state index in [1.54, 1.807) is 29.6 Å². The zero-order chi connectivity index (χ0) is 15.2. The highest BCUT2D eigenvalue weighted by molar-refractivity contribution is 7.98. The Morgan fingerprint density at radius 2 is 1.23 bits per heavy atom. The summed E-state index contributed by atoms with van der Waals surface area (Å²) in [5, 5.41) is 0. The fourth-order valence-electron chi connectivity index (χ4n) is 1.97. The lowest BCUT2D eigenvalue weighted by Gasteiger charge is -2.04. The Bertz CT molecular complexity index is 646. The Morgan fingerprint density at radius 1 is 0.818 bits per heavy atom. The molecule has 0 N–H and O–H groups in total. The summed E-state index contributed by atoms with van der Waals surface area (Å²) in [6, 6.07) is 16.0. The SMILES string of the molecule is CSc1ccc(C(=O)/C=C(\C)c2ccc(SC)cc2)cc1.Cl. The first-order valence-electron chi connectivity index (χ1n) is 6.65. The zero-order valence-electron chi connectivity index (χ0n) is 12.8. The molecule has 0 aliphatic rings. The van der Waals surface area contributed by atoms with Gasteiger partial charge in [0.1, 0.15) is 0 Å². The third kappa shape index (κ3) is 4.94. The van der Waals surface area contributed by atoms with E-state index in [9.17, 15) is 4.79 Å². The van der Waals surface area contributed by atoms with Gasteiger partial charge >= 0.3 is 0 Å². The van der Waals surface area contributed by atoms with Gasteiger partial charge in [0.25, 0.3) is 0 Å². The van der Waals surface area contributed by atoms with Crippen molar-refractivity contribution in [1.82, 2.24) is 0 Å². The van der Waals surface area contributed by atoms with Crippen molar-refractivity contribution in [2.24, 2.45) is 0 Å². The first kappa shape index (κ1) is 18.9. The number of ketones is 1. The second kappa shape index (κ2) is 9.09. The summed E-state index contributed by atoms with van der Waals surface area (Å²) in [4.78, 5) is 14.7. The molecule has 0 radical (unpaired) electrons. The predicted molar refractivity (Wildman–Crippen MR) is 102 cm³/mol. The van der Waals surface area contributed by atoms with Gasteiger partial charge in [0.05, 0.1) is 0 Å². The Morgan fingerprint density at radius 3 is 1.64 bits per heavy atom. The van der Waals surface area contributed by atoms with Crippen LogP contribution < -0.4 is 0 Å². The number of allylic oxidation sites excluding steroid dienone is 2. The van der Waals surface area contributed by atoms with Crippen molar-refractivity contribution in [3.63, 3.8) is 0 Å². The van der Waals surface area contributed by atoms with E-state index in [0.29, 0.717) is 0 Å². The van der Waals surface area contributed by atoms with E-state index >= 15 is 0 Å². The van der Waals surface area contributed by atoms with Crippen molar-refractivity contribution in [3.8, 4) is 0 Å². The molecule has 2 aromatic carbocycles. The fourth-order valence-corrected chi connectivity index (χ4v) is 2.79. The maximum absolute atomic E-state index is 12.3. The van der Waals surface area contributed by atoms with Crippen molar-refractivity contribution in [1.29, 1.82) is 0 Å². The van der Waals surface area contributed by atoms with Gasteiger partial charge in [-0.15, -0.1) is 35.9 Å². The summed E-state index contributed by atoms with van der Waals surface area (Å²) in [5.41, 5.74) is 2.80. The third-order valence-corrected chi connectivity index (χ3v) is 4.75. The molecule has 0 unspecified atom stereocenters. The van der Waals surface area contributed by atoms with Crippen LogP contribution in [0, 0.1) is 0 Å². The molecule has 0 aliphatic heterocycles. The van der Waals surface area contributed by atoms with Crippen LogP contribution in [0.4, 0.5) is 0 Å². The molecule has 1 nitrogen and oxygen atoms in total. The lowest BCUT2D eigenvalue weighted by molar-refractivity contribution is 0.104. The van der Waals surface area contributed by atoms with Gasteiger partial charge in [0.2, 0.25) is 0 Å². The molecule has 0 fully saturated rings. The number of halogens is 1. The summed E-state index contributed by atoms with van der Waals surface area (Å²) in [6.07, 6.45) is 5.79. The van der Waals surface area contributed by atoms with E-state index in [-0.39, 0.29) is 18.2 Å². The van der Waals surface area contributed by atoms with Crippen molar-refractivity contribution >= 4 is 47.3 Å². The second-order valence-corrected chi connectivity index (χ2v) is 6.41. The van der Waals surface area contributed by atoms with E-state index in [1.165, 1.54) is 9.79 Å². The Balaban J connectivity index is 0.00000242. The molecule has 4 heteroatoms. The molecule has 0 saturated carbocycles. The molecule has 2 rings (SSSR count). The van der Waals surface area contributed by atoms with Gasteiger partial charge < -0.3 is 0 Å². The lowest BCUT2D eigenvalue weighted by atomic mass is 10.0. The highest BCUT2D eigenvalue weighted by Gasteiger charge is 2.04.